The summed E-state index contributed by atoms with van der Waals surface area (Å²) in [6.07, 6.45) is 0. The Bertz CT molecular complexity index is 1110. The van der Waals surface area contributed by atoms with Gasteiger partial charge in [0.2, 0.25) is 5.91 Å². The van der Waals surface area contributed by atoms with Gasteiger partial charge in [0.05, 0.1) is 36.1 Å². The van der Waals surface area contributed by atoms with Crippen LogP contribution in [0.4, 0.5) is 5.82 Å². The lowest BCUT2D eigenvalue weighted by molar-refractivity contribution is -0.115. The van der Waals surface area contributed by atoms with Gasteiger partial charge in [0.15, 0.2) is 11.5 Å². The number of ether oxygens (including phenoxy) is 2. The number of rotatable bonds is 4. The van der Waals surface area contributed by atoms with E-state index in [4.69, 9.17) is 14.6 Å². The van der Waals surface area contributed by atoms with Crippen molar-refractivity contribution in [3.05, 3.63) is 64.8 Å². The number of anilines is 1. The third kappa shape index (κ3) is 3.33. The van der Waals surface area contributed by atoms with Crippen LogP contribution < -0.4 is 14.8 Å². The summed E-state index contributed by atoms with van der Waals surface area (Å²) in [6.45, 7) is 5.94. The molecule has 0 bridgehead atoms. The highest BCUT2D eigenvalue weighted by molar-refractivity contribution is 8.01. The first-order valence-electron chi connectivity index (χ1n) is 9.79. The van der Waals surface area contributed by atoms with Crippen molar-refractivity contribution in [2.75, 3.05) is 19.5 Å². The predicted molar refractivity (Wildman–Crippen MR) is 120 cm³/mol. The maximum atomic E-state index is 12.9. The van der Waals surface area contributed by atoms with E-state index < -0.39 is 0 Å². The number of nitrogens with zero attached hydrogens (tertiary/aromatic N) is 2. The van der Waals surface area contributed by atoms with Crippen molar-refractivity contribution in [2.45, 2.75) is 31.3 Å². The average Bonchev–Trinajstić information content (AvgIpc) is 2.99. The lowest BCUT2D eigenvalue weighted by Crippen LogP contribution is -2.22. The molecule has 6 nitrogen and oxygen atoms in total. The maximum absolute atomic E-state index is 12.9. The molecule has 7 heteroatoms. The summed E-state index contributed by atoms with van der Waals surface area (Å²) in [5.74, 6) is 2.00. The zero-order valence-electron chi connectivity index (χ0n) is 17.7. The number of hydrogen-bond acceptors (Lipinski definition) is 5. The van der Waals surface area contributed by atoms with Gasteiger partial charge < -0.3 is 14.8 Å². The van der Waals surface area contributed by atoms with Gasteiger partial charge in [0, 0.05) is 11.1 Å². The van der Waals surface area contributed by atoms with Crippen LogP contribution in [0, 0.1) is 13.8 Å². The number of aryl methyl sites for hydroxylation is 2. The fourth-order valence-corrected chi connectivity index (χ4v) is 5.19. The molecule has 0 saturated carbocycles. The lowest BCUT2D eigenvalue weighted by atomic mass is 10.0. The highest BCUT2D eigenvalue weighted by atomic mass is 32.2. The summed E-state index contributed by atoms with van der Waals surface area (Å²) in [7, 11) is 3.27. The highest BCUT2D eigenvalue weighted by Crippen LogP contribution is 2.50. The molecule has 1 aliphatic rings. The molecule has 2 aromatic carbocycles. The van der Waals surface area contributed by atoms with Gasteiger partial charge in [0.25, 0.3) is 0 Å². The second kappa shape index (κ2) is 8.07. The van der Waals surface area contributed by atoms with E-state index in [1.54, 1.807) is 26.0 Å². The summed E-state index contributed by atoms with van der Waals surface area (Å²) in [5, 5.41) is 7.55. The first kappa shape index (κ1) is 20.3. The first-order chi connectivity index (χ1) is 14.5. The number of amides is 1. The van der Waals surface area contributed by atoms with E-state index in [1.165, 1.54) is 0 Å². The fraction of sp³-hybridized carbons (Fsp3) is 0.304. The second-order valence-electron chi connectivity index (χ2n) is 7.28. The van der Waals surface area contributed by atoms with Crippen LogP contribution in [0.15, 0.2) is 42.5 Å². The highest BCUT2D eigenvalue weighted by Gasteiger charge is 2.36. The van der Waals surface area contributed by atoms with Crippen molar-refractivity contribution in [2.24, 2.45) is 0 Å². The Morgan fingerprint density at radius 3 is 2.53 bits per heavy atom. The summed E-state index contributed by atoms with van der Waals surface area (Å²) in [6, 6.07) is 13.9. The zero-order valence-corrected chi connectivity index (χ0v) is 18.5. The van der Waals surface area contributed by atoms with Crippen molar-refractivity contribution in [3.63, 3.8) is 0 Å². The standard InChI is InChI=1S/C23H25N3O3S/c1-13-9-6-7-11-17(13)26-22-19(14(2)25-26)21(30-15(3)23(27)24-22)16-10-8-12-18(28-4)20(16)29-5/h6-12,15,21H,1-5H3,(H,24,27). The molecule has 0 aliphatic carbocycles. The predicted octanol–water partition coefficient (Wildman–Crippen LogP) is 4.67. The van der Waals surface area contributed by atoms with Crippen LogP contribution >= 0.6 is 11.8 Å². The van der Waals surface area contributed by atoms with Crippen LogP contribution in [0.5, 0.6) is 11.5 Å². The summed E-state index contributed by atoms with van der Waals surface area (Å²) in [5.41, 5.74) is 4.83. The molecule has 3 aromatic rings. The molecule has 2 heterocycles. The summed E-state index contributed by atoms with van der Waals surface area (Å²) < 4.78 is 13.1. The van der Waals surface area contributed by atoms with E-state index in [-0.39, 0.29) is 16.4 Å². The number of carbonyl (C=O) groups excluding carboxylic acids is 1. The van der Waals surface area contributed by atoms with Gasteiger partial charge in [0.1, 0.15) is 5.82 Å². The number of benzene rings is 2. The Hall–Kier alpha value is -2.93. The molecule has 0 spiro atoms. The van der Waals surface area contributed by atoms with Gasteiger partial charge >= 0.3 is 0 Å². The largest absolute Gasteiger partial charge is 0.493 e. The number of para-hydroxylation sites is 2. The first-order valence-corrected chi connectivity index (χ1v) is 10.7. The Morgan fingerprint density at radius 1 is 1.07 bits per heavy atom. The number of aromatic nitrogens is 2. The lowest BCUT2D eigenvalue weighted by Gasteiger charge is -2.21. The quantitative estimate of drug-likeness (QED) is 0.661. The van der Waals surface area contributed by atoms with Crippen molar-refractivity contribution >= 4 is 23.5 Å². The Kier molecular flexibility index (Phi) is 5.47. The number of hydrogen-bond donors (Lipinski definition) is 1. The molecule has 1 aliphatic heterocycles. The number of thioether (sulfide) groups is 1. The number of fused-ring (bicyclic) bond motifs is 1. The van der Waals surface area contributed by atoms with Crippen LogP contribution in [0.2, 0.25) is 0 Å². The van der Waals surface area contributed by atoms with Gasteiger partial charge in [-0.25, -0.2) is 4.68 Å². The van der Waals surface area contributed by atoms with Crippen LogP contribution in [-0.2, 0) is 4.79 Å². The van der Waals surface area contributed by atoms with Crippen LogP contribution in [0.1, 0.15) is 34.6 Å². The number of methoxy groups -OCH3 is 2. The molecule has 1 aromatic heterocycles. The normalized spacial score (nSPS) is 18.4. The maximum Gasteiger partial charge on any atom is 0.238 e. The zero-order chi connectivity index (χ0) is 21.4. The molecule has 0 radical (unpaired) electrons. The van der Waals surface area contributed by atoms with Crippen molar-refractivity contribution < 1.29 is 14.3 Å². The Morgan fingerprint density at radius 2 is 1.83 bits per heavy atom. The molecule has 0 saturated heterocycles. The fourth-order valence-electron chi connectivity index (χ4n) is 3.85. The van der Waals surface area contributed by atoms with Crippen LogP contribution in [0.3, 0.4) is 0 Å². The topological polar surface area (TPSA) is 65.4 Å². The van der Waals surface area contributed by atoms with E-state index in [9.17, 15) is 4.79 Å². The third-order valence-corrected chi connectivity index (χ3v) is 6.76. The summed E-state index contributed by atoms with van der Waals surface area (Å²) in [4.78, 5) is 12.9. The monoisotopic (exact) mass is 423 g/mol. The number of nitrogens with one attached hydrogen (secondary N) is 1. The van der Waals surface area contributed by atoms with Gasteiger partial charge in [-0.15, -0.1) is 11.8 Å². The van der Waals surface area contributed by atoms with E-state index in [0.29, 0.717) is 17.3 Å². The molecule has 4 rings (SSSR count). The molecule has 1 amide bonds. The molecule has 2 atom stereocenters. The molecular weight excluding hydrogens is 398 g/mol. The molecule has 1 N–H and O–H groups in total. The molecule has 156 valence electrons. The minimum Gasteiger partial charge on any atom is -0.493 e. The second-order valence-corrected chi connectivity index (χ2v) is 8.73. The molecular formula is C23H25N3O3S. The van der Waals surface area contributed by atoms with E-state index >= 15 is 0 Å². The molecule has 0 fully saturated rings. The van der Waals surface area contributed by atoms with E-state index in [1.807, 2.05) is 67.9 Å². The summed E-state index contributed by atoms with van der Waals surface area (Å²) >= 11 is 1.59. The average molecular weight is 424 g/mol. The Balaban J connectivity index is 1.97. The Labute approximate surface area is 180 Å². The van der Waals surface area contributed by atoms with Gasteiger partial charge in [-0.05, 0) is 38.5 Å². The smallest absolute Gasteiger partial charge is 0.238 e. The number of carbonyl (C=O) groups is 1. The third-order valence-electron chi connectivity index (χ3n) is 5.38. The van der Waals surface area contributed by atoms with Gasteiger partial charge in [-0.2, -0.15) is 5.10 Å². The van der Waals surface area contributed by atoms with Gasteiger partial charge in [-0.3, -0.25) is 4.79 Å². The molecule has 2 unspecified atom stereocenters. The van der Waals surface area contributed by atoms with E-state index in [0.717, 1.165) is 28.1 Å². The van der Waals surface area contributed by atoms with Crippen molar-refractivity contribution in [3.8, 4) is 17.2 Å². The van der Waals surface area contributed by atoms with E-state index in [2.05, 4.69) is 5.32 Å². The van der Waals surface area contributed by atoms with Crippen molar-refractivity contribution in [1.29, 1.82) is 0 Å². The van der Waals surface area contributed by atoms with Crippen LogP contribution in [-0.4, -0.2) is 35.2 Å². The van der Waals surface area contributed by atoms with Gasteiger partial charge in [-0.1, -0.05) is 30.3 Å². The van der Waals surface area contributed by atoms with Crippen molar-refractivity contribution in [1.82, 2.24) is 9.78 Å². The molecule has 30 heavy (non-hydrogen) atoms. The SMILES string of the molecule is COc1cccc(C2SC(C)C(=O)Nc3c2c(C)nn3-c2ccccc2C)c1OC. The van der Waals surface area contributed by atoms with Crippen LogP contribution in [0.25, 0.3) is 5.69 Å². The minimum atomic E-state index is -0.247. The minimum absolute atomic E-state index is 0.0413.